The number of pyridine rings is 1. The van der Waals surface area contributed by atoms with Crippen LogP contribution in [0.1, 0.15) is 5.56 Å². The van der Waals surface area contributed by atoms with Gasteiger partial charge in [-0.05, 0) is 11.6 Å². The predicted octanol–water partition coefficient (Wildman–Crippen LogP) is 1.41. The van der Waals surface area contributed by atoms with E-state index in [1.165, 1.54) is 5.56 Å². The lowest BCUT2D eigenvalue weighted by atomic mass is 10.3. The fourth-order valence-corrected chi connectivity index (χ4v) is 0.936. The van der Waals surface area contributed by atoms with Crippen molar-refractivity contribution < 1.29 is 0 Å². The average molecular weight is 171 g/mol. The first-order valence-corrected chi connectivity index (χ1v) is 4.12. The molecule has 0 radical (unpaired) electrons. The van der Waals surface area contributed by atoms with E-state index in [2.05, 4.69) is 10.3 Å². The first-order chi connectivity index (χ1) is 5.43. The van der Waals surface area contributed by atoms with E-state index in [0.29, 0.717) is 5.88 Å². The molecule has 1 heterocycles. The minimum Gasteiger partial charge on any atom is -0.311 e. The van der Waals surface area contributed by atoms with Crippen molar-refractivity contribution in [2.45, 2.75) is 6.54 Å². The molecule has 0 saturated carbocycles. The van der Waals surface area contributed by atoms with Gasteiger partial charge in [0, 0.05) is 31.4 Å². The van der Waals surface area contributed by atoms with Crippen molar-refractivity contribution in [2.75, 3.05) is 12.4 Å². The molecule has 60 valence electrons. The van der Waals surface area contributed by atoms with Crippen molar-refractivity contribution in [3.8, 4) is 0 Å². The SMILES string of the molecule is ClCCNCc1cccnc1. The monoisotopic (exact) mass is 170 g/mol. The lowest BCUT2D eigenvalue weighted by Crippen LogP contribution is -2.15. The molecule has 0 saturated heterocycles. The van der Waals surface area contributed by atoms with Crippen LogP contribution in [0.3, 0.4) is 0 Å². The molecule has 0 aliphatic rings. The first-order valence-electron chi connectivity index (χ1n) is 3.59. The topological polar surface area (TPSA) is 24.9 Å². The molecule has 11 heavy (non-hydrogen) atoms. The van der Waals surface area contributed by atoms with E-state index in [9.17, 15) is 0 Å². The molecule has 1 aromatic heterocycles. The second-order valence-electron chi connectivity index (χ2n) is 2.23. The molecule has 0 unspecified atom stereocenters. The van der Waals surface area contributed by atoms with Crippen molar-refractivity contribution >= 4 is 11.6 Å². The van der Waals surface area contributed by atoms with Gasteiger partial charge in [-0.2, -0.15) is 0 Å². The van der Waals surface area contributed by atoms with Gasteiger partial charge in [0.05, 0.1) is 0 Å². The molecule has 1 N–H and O–H groups in total. The predicted molar refractivity (Wildman–Crippen MR) is 46.7 cm³/mol. The van der Waals surface area contributed by atoms with E-state index in [1.807, 2.05) is 18.3 Å². The van der Waals surface area contributed by atoms with Gasteiger partial charge in [-0.15, -0.1) is 11.6 Å². The van der Waals surface area contributed by atoms with Gasteiger partial charge in [0.25, 0.3) is 0 Å². The molecule has 2 nitrogen and oxygen atoms in total. The molecule has 0 aliphatic carbocycles. The van der Waals surface area contributed by atoms with Gasteiger partial charge in [0.15, 0.2) is 0 Å². The first kappa shape index (κ1) is 8.50. The number of hydrogen-bond donors (Lipinski definition) is 1. The molecule has 0 spiro atoms. The van der Waals surface area contributed by atoms with Crippen LogP contribution in [0.15, 0.2) is 24.5 Å². The normalized spacial score (nSPS) is 9.91. The lowest BCUT2D eigenvalue weighted by molar-refractivity contribution is 0.728. The Bertz CT molecular complexity index is 189. The Balaban J connectivity index is 2.28. The summed E-state index contributed by atoms with van der Waals surface area (Å²) in [5.74, 6) is 0.653. The maximum atomic E-state index is 5.49. The Kier molecular flexibility index (Phi) is 3.94. The highest BCUT2D eigenvalue weighted by Crippen LogP contribution is 1.93. The number of nitrogens with one attached hydrogen (secondary N) is 1. The van der Waals surface area contributed by atoms with E-state index in [4.69, 9.17) is 11.6 Å². The summed E-state index contributed by atoms with van der Waals surface area (Å²) in [7, 11) is 0. The van der Waals surface area contributed by atoms with Crippen LogP contribution in [0.5, 0.6) is 0 Å². The van der Waals surface area contributed by atoms with E-state index >= 15 is 0 Å². The third-order valence-corrected chi connectivity index (χ3v) is 1.51. The van der Waals surface area contributed by atoms with Crippen LogP contribution >= 0.6 is 11.6 Å². The quantitative estimate of drug-likeness (QED) is 0.546. The Morgan fingerprint density at radius 1 is 1.55 bits per heavy atom. The van der Waals surface area contributed by atoms with E-state index in [0.717, 1.165) is 13.1 Å². The second kappa shape index (κ2) is 5.10. The highest BCUT2D eigenvalue weighted by atomic mass is 35.5. The minimum atomic E-state index is 0.653. The summed E-state index contributed by atoms with van der Waals surface area (Å²) in [4.78, 5) is 3.99. The Hall–Kier alpha value is -0.600. The fraction of sp³-hybridized carbons (Fsp3) is 0.375. The molecule has 0 atom stereocenters. The van der Waals surface area contributed by atoms with Gasteiger partial charge in [-0.3, -0.25) is 4.98 Å². The molecule has 0 fully saturated rings. The highest BCUT2D eigenvalue weighted by Gasteiger charge is 1.88. The van der Waals surface area contributed by atoms with Crippen LogP contribution in [0.2, 0.25) is 0 Å². The fourth-order valence-electron chi connectivity index (χ4n) is 0.802. The number of halogens is 1. The smallest absolute Gasteiger partial charge is 0.0348 e. The van der Waals surface area contributed by atoms with Crippen LogP contribution in [-0.2, 0) is 6.54 Å². The Morgan fingerprint density at radius 3 is 3.09 bits per heavy atom. The molecule has 0 bridgehead atoms. The minimum absolute atomic E-state index is 0.653. The summed E-state index contributed by atoms with van der Waals surface area (Å²) < 4.78 is 0. The van der Waals surface area contributed by atoms with Gasteiger partial charge in [-0.25, -0.2) is 0 Å². The molecule has 0 amide bonds. The number of rotatable bonds is 4. The average Bonchev–Trinajstić information content (AvgIpc) is 2.07. The van der Waals surface area contributed by atoms with Crippen LogP contribution in [0.4, 0.5) is 0 Å². The molecule has 1 aromatic rings. The van der Waals surface area contributed by atoms with E-state index in [-0.39, 0.29) is 0 Å². The summed E-state index contributed by atoms with van der Waals surface area (Å²) >= 11 is 5.49. The van der Waals surface area contributed by atoms with Crippen LogP contribution in [0, 0.1) is 0 Å². The molecule has 0 aromatic carbocycles. The number of alkyl halides is 1. The van der Waals surface area contributed by atoms with E-state index in [1.54, 1.807) is 6.20 Å². The third kappa shape index (κ3) is 3.35. The summed E-state index contributed by atoms with van der Waals surface area (Å²) in [5, 5.41) is 3.18. The highest BCUT2D eigenvalue weighted by molar-refractivity contribution is 6.18. The number of nitrogens with zero attached hydrogens (tertiary/aromatic N) is 1. The van der Waals surface area contributed by atoms with Crippen molar-refractivity contribution in [3.05, 3.63) is 30.1 Å². The van der Waals surface area contributed by atoms with Crippen LogP contribution < -0.4 is 5.32 Å². The van der Waals surface area contributed by atoms with Crippen molar-refractivity contribution in [1.29, 1.82) is 0 Å². The lowest BCUT2D eigenvalue weighted by Gasteiger charge is -2.00. The van der Waals surface area contributed by atoms with Crippen LogP contribution in [0.25, 0.3) is 0 Å². The summed E-state index contributed by atoms with van der Waals surface area (Å²) in [6.07, 6.45) is 3.62. The standard InChI is InChI=1S/C8H11ClN2/c9-3-5-11-7-8-2-1-4-10-6-8/h1-2,4,6,11H,3,5,7H2. The van der Waals surface area contributed by atoms with Crippen molar-refractivity contribution in [1.82, 2.24) is 10.3 Å². The Labute approximate surface area is 71.6 Å². The van der Waals surface area contributed by atoms with Gasteiger partial charge in [0.2, 0.25) is 0 Å². The van der Waals surface area contributed by atoms with Gasteiger partial charge in [-0.1, -0.05) is 6.07 Å². The largest absolute Gasteiger partial charge is 0.311 e. The molecular weight excluding hydrogens is 160 g/mol. The summed E-state index contributed by atoms with van der Waals surface area (Å²) in [6, 6.07) is 3.96. The molecule has 1 rings (SSSR count). The second-order valence-corrected chi connectivity index (χ2v) is 2.60. The molecular formula is C8H11ClN2. The van der Waals surface area contributed by atoms with Gasteiger partial charge in [0.1, 0.15) is 0 Å². The summed E-state index contributed by atoms with van der Waals surface area (Å²) in [6.45, 7) is 1.69. The van der Waals surface area contributed by atoms with Gasteiger partial charge >= 0.3 is 0 Å². The molecule has 3 heteroatoms. The zero-order chi connectivity index (χ0) is 7.94. The maximum Gasteiger partial charge on any atom is 0.0348 e. The maximum absolute atomic E-state index is 5.49. The number of aromatic nitrogens is 1. The molecule has 0 aliphatic heterocycles. The van der Waals surface area contributed by atoms with Gasteiger partial charge < -0.3 is 5.32 Å². The van der Waals surface area contributed by atoms with Crippen molar-refractivity contribution in [2.24, 2.45) is 0 Å². The number of hydrogen-bond acceptors (Lipinski definition) is 2. The van der Waals surface area contributed by atoms with E-state index < -0.39 is 0 Å². The Morgan fingerprint density at radius 2 is 2.45 bits per heavy atom. The van der Waals surface area contributed by atoms with Crippen LogP contribution in [-0.4, -0.2) is 17.4 Å². The van der Waals surface area contributed by atoms with Crippen molar-refractivity contribution in [3.63, 3.8) is 0 Å². The third-order valence-electron chi connectivity index (χ3n) is 1.32. The zero-order valence-corrected chi connectivity index (χ0v) is 7.01. The zero-order valence-electron chi connectivity index (χ0n) is 6.26. The summed E-state index contributed by atoms with van der Waals surface area (Å²) in [5.41, 5.74) is 1.19.